The summed E-state index contributed by atoms with van der Waals surface area (Å²) in [4.78, 5) is 11.7. The van der Waals surface area contributed by atoms with Crippen LogP contribution in [0.25, 0.3) is 0 Å². The number of Topliss-reactive ketones (excluding diaryl/α,β-unsaturated/α-hetero) is 1. The number of carbonyl (C=O) groups is 1. The lowest BCUT2D eigenvalue weighted by molar-refractivity contribution is 0.0989. The van der Waals surface area contributed by atoms with E-state index in [4.69, 9.17) is 9.47 Å². The molecule has 0 N–H and O–H groups in total. The maximum Gasteiger partial charge on any atom is 0.231 e. The number of alkyl halides is 1. The summed E-state index contributed by atoms with van der Waals surface area (Å²) in [5, 5.41) is 0. The molecule has 1 aromatic carbocycles. The van der Waals surface area contributed by atoms with Crippen LogP contribution in [0.5, 0.6) is 11.5 Å². The molecule has 0 aromatic heterocycles. The van der Waals surface area contributed by atoms with Crippen LogP contribution >= 0.6 is 15.9 Å². The highest BCUT2D eigenvalue weighted by atomic mass is 79.9. The predicted molar refractivity (Wildman–Crippen MR) is 59.9 cm³/mol. The Morgan fingerprint density at radius 2 is 2.20 bits per heavy atom. The van der Waals surface area contributed by atoms with Gasteiger partial charge in [-0.3, -0.25) is 4.79 Å². The molecule has 1 unspecified atom stereocenters. The van der Waals surface area contributed by atoms with Crippen molar-refractivity contribution >= 4 is 21.7 Å². The van der Waals surface area contributed by atoms with E-state index in [0.29, 0.717) is 17.1 Å². The number of ketones is 1. The second-order valence-corrected chi connectivity index (χ2v) is 4.41. The summed E-state index contributed by atoms with van der Waals surface area (Å²) < 4.78 is 10.4. The Morgan fingerprint density at radius 1 is 1.47 bits per heavy atom. The summed E-state index contributed by atoms with van der Waals surface area (Å²) in [5.74, 6) is 1.43. The molecule has 1 aliphatic heterocycles. The van der Waals surface area contributed by atoms with E-state index >= 15 is 0 Å². The Balaban J connectivity index is 2.26. The van der Waals surface area contributed by atoms with Crippen LogP contribution in [0, 0.1) is 0 Å². The highest BCUT2D eigenvalue weighted by Crippen LogP contribution is 2.33. The topological polar surface area (TPSA) is 35.5 Å². The first-order valence-corrected chi connectivity index (χ1v) is 5.72. The van der Waals surface area contributed by atoms with Crippen molar-refractivity contribution < 1.29 is 14.3 Å². The van der Waals surface area contributed by atoms with Gasteiger partial charge in [0.25, 0.3) is 0 Å². The number of fused-ring (bicyclic) bond motifs is 1. The van der Waals surface area contributed by atoms with Gasteiger partial charge in [0, 0.05) is 5.56 Å². The summed E-state index contributed by atoms with van der Waals surface area (Å²) in [6, 6.07) is 5.26. The minimum absolute atomic E-state index is 0.0794. The minimum Gasteiger partial charge on any atom is -0.454 e. The van der Waals surface area contributed by atoms with Gasteiger partial charge in [-0.25, -0.2) is 0 Å². The Morgan fingerprint density at radius 3 is 2.93 bits per heavy atom. The van der Waals surface area contributed by atoms with Crippen LogP contribution in [-0.2, 0) is 0 Å². The number of halogens is 1. The van der Waals surface area contributed by atoms with Crippen molar-refractivity contribution in [3.63, 3.8) is 0 Å². The molecular formula is C11H11BrO3. The number of ether oxygens (including phenoxy) is 2. The van der Waals surface area contributed by atoms with Gasteiger partial charge in [-0.2, -0.15) is 0 Å². The molecule has 1 heterocycles. The fourth-order valence-electron chi connectivity index (χ4n) is 1.42. The highest BCUT2D eigenvalue weighted by molar-refractivity contribution is 9.10. The van der Waals surface area contributed by atoms with E-state index in [1.54, 1.807) is 18.2 Å². The third-order valence-corrected chi connectivity index (χ3v) is 3.36. The molecule has 0 aliphatic carbocycles. The maximum absolute atomic E-state index is 11.8. The molecule has 1 atom stereocenters. The summed E-state index contributed by atoms with van der Waals surface area (Å²) in [7, 11) is 0. The van der Waals surface area contributed by atoms with Crippen molar-refractivity contribution in [1.29, 1.82) is 0 Å². The van der Waals surface area contributed by atoms with Crippen LogP contribution in [0.1, 0.15) is 23.7 Å². The van der Waals surface area contributed by atoms with Crippen LogP contribution in [-0.4, -0.2) is 17.4 Å². The van der Waals surface area contributed by atoms with E-state index < -0.39 is 0 Å². The van der Waals surface area contributed by atoms with E-state index in [-0.39, 0.29) is 17.4 Å². The highest BCUT2D eigenvalue weighted by Gasteiger charge is 2.19. The fraction of sp³-hybridized carbons (Fsp3) is 0.364. The standard InChI is InChI=1S/C11H11BrO3/c1-2-8(12)11(13)7-3-4-9-10(5-7)15-6-14-9/h3-5,8H,2,6H2,1H3. The SMILES string of the molecule is CCC(Br)C(=O)c1ccc2c(c1)OCO2. The molecule has 4 heteroatoms. The normalized spacial score (nSPS) is 15.1. The average Bonchev–Trinajstić information content (AvgIpc) is 2.73. The van der Waals surface area contributed by atoms with E-state index in [1.807, 2.05) is 6.92 Å². The molecule has 0 spiro atoms. The van der Waals surface area contributed by atoms with Crippen LogP contribution < -0.4 is 9.47 Å². The Labute approximate surface area is 96.5 Å². The summed E-state index contributed by atoms with van der Waals surface area (Å²) in [5.41, 5.74) is 0.656. The van der Waals surface area contributed by atoms with Crippen molar-refractivity contribution in [2.45, 2.75) is 18.2 Å². The number of hydrogen-bond acceptors (Lipinski definition) is 3. The van der Waals surface area contributed by atoms with Gasteiger partial charge in [0.1, 0.15) is 0 Å². The van der Waals surface area contributed by atoms with Gasteiger partial charge < -0.3 is 9.47 Å². The van der Waals surface area contributed by atoms with E-state index in [2.05, 4.69) is 15.9 Å². The molecule has 0 bridgehead atoms. The van der Waals surface area contributed by atoms with Crippen LogP contribution in [0.3, 0.4) is 0 Å². The molecule has 3 nitrogen and oxygen atoms in total. The molecule has 0 saturated carbocycles. The number of carbonyl (C=O) groups excluding carboxylic acids is 1. The van der Waals surface area contributed by atoms with Gasteiger partial charge in [0.05, 0.1) is 4.83 Å². The average molecular weight is 271 g/mol. The molecule has 0 fully saturated rings. The third kappa shape index (κ3) is 2.00. The Kier molecular flexibility index (Phi) is 2.95. The van der Waals surface area contributed by atoms with Crippen molar-refractivity contribution in [1.82, 2.24) is 0 Å². The lowest BCUT2D eigenvalue weighted by Crippen LogP contribution is -2.12. The van der Waals surface area contributed by atoms with Crippen LogP contribution in [0.4, 0.5) is 0 Å². The second-order valence-electron chi connectivity index (χ2n) is 3.31. The monoisotopic (exact) mass is 270 g/mol. The number of hydrogen-bond donors (Lipinski definition) is 0. The molecule has 0 amide bonds. The Hall–Kier alpha value is -1.03. The van der Waals surface area contributed by atoms with Gasteiger partial charge in [0.15, 0.2) is 17.3 Å². The molecule has 2 rings (SSSR count). The molecule has 0 radical (unpaired) electrons. The lowest BCUT2D eigenvalue weighted by Gasteiger charge is -2.06. The zero-order valence-electron chi connectivity index (χ0n) is 8.33. The van der Waals surface area contributed by atoms with Crippen LogP contribution in [0.2, 0.25) is 0 Å². The minimum atomic E-state index is -0.127. The number of rotatable bonds is 3. The first-order valence-electron chi connectivity index (χ1n) is 4.80. The molecule has 0 saturated heterocycles. The Bertz CT molecular complexity index is 389. The third-order valence-electron chi connectivity index (χ3n) is 2.30. The van der Waals surface area contributed by atoms with Gasteiger partial charge in [0.2, 0.25) is 6.79 Å². The van der Waals surface area contributed by atoms with Crippen molar-refractivity contribution in [2.75, 3.05) is 6.79 Å². The predicted octanol–water partition coefficient (Wildman–Crippen LogP) is 2.77. The lowest BCUT2D eigenvalue weighted by atomic mass is 10.1. The second kappa shape index (κ2) is 4.23. The molecule has 80 valence electrons. The van der Waals surface area contributed by atoms with E-state index in [0.717, 1.165) is 6.42 Å². The summed E-state index contributed by atoms with van der Waals surface area (Å²) >= 11 is 3.34. The quantitative estimate of drug-likeness (QED) is 0.626. The largest absolute Gasteiger partial charge is 0.454 e. The maximum atomic E-state index is 11.8. The molecule has 15 heavy (non-hydrogen) atoms. The summed E-state index contributed by atoms with van der Waals surface area (Å²) in [6.45, 7) is 2.20. The molecule has 1 aliphatic rings. The molecule has 1 aromatic rings. The smallest absolute Gasteiger partial charge is 0.231 e. The zero-order valence-corrected chi connectivity index (χ0v) is 9.91. The fourth-order valence-corrected chi connectivity index (χ4v) is 1.68. The van der Waals surface area contributed by atoms with Gasteiger partial charge in [-0.1, -0.05) is 22.9 Å². The zero-order chi connectivity index (χ0) is 10.8. The first-order chi connectivity index (χ1) is 7.22. The summed E-state index contributed by atoms with van der Waals surface area (Å²) in [6.07, 6.45) is 0.771. The number of benzene rings is 1. The van der Waals surface area contributed by atoms with Gasteiger partial charge in [-0.15, -0.1) is 0 Å². The van der Waals surface area contributed by atoms with Gasteiger partial charge in [-0.05, 0) is 24.6 Å². The van der Waals surface area contributed by atoms with E-state index in [1.165, 1.54) is 0 Å². The van der Waals surface area contributed by atoms with Crippen molar-refractivity contribution in [3.8, 4) is 11.5 Å². The van der Waals surface area contributed by atoms with Crippen molar-refractivity contribution in [2.24, 2.45) is 0 Å². The molecular weight excluding hydrogens is 260 g/mol. The van der Waals surface area contributed by atoms with Gasteiger partial charge >= 0.3 is 0 Å². The first kappa shape index (κ1) is 10.5. The van der Waals surface area contributed by atoms with Crippen LogP contribution in [0.15, 0.2) is 18.2 Å². The van der Waals surface area contributed by atoms with Crippen molar-refractivity contribution in [3.05, 3.63) is 23.8 Å². The van der Waals surface area contributed by atoms with E-state index in [9.17, 15) is 4.79 Å².